The van der Waals surface area contributed by atoms with E-state index in [-0.39, 0.29) is 18.0 Å². The highest BCUT2D eigenvalue weighted by molar-refractivity contribution is 7.82. The molecule has 4 rings (SSSR count). The number of methoxy groups -OCH3 is 1. The lowest BCUT2D eigenvalue weighted by molar-refractivity contribution is -0.116. The highest BCUT2D eigenvalue weighted by Crippen LogP contribution is 2.42. The number of allylic oxidation sites excluding steroid dienone is 4. The van der Waals surface area contributed by atoms with Crippen LogP contribution in [0.3, 0.4) is 0 Å². The van der Waals surface area contributed by atoms with Gasteiger partial charge in [0.2, 0.25) is 0 Å². The van der Waals surface area contributed by atoms with Crippen LogP contribution in [-0.2, 0) is 25.3 Å². The largest absolute Gasteiger partial charge is 0.493 e. The Kier molecular flexibility index (Phi) is 9.28. The highest BCUT2D eigenvalue weighted by atomic mass is 35.5. The van der Waals surface area contributed by atoms with Crippen molar-refractivity contribution in [3.8, 4) is 0 Å². The van der Waals surface area contributed by atoms with Gasteiger partial charge in [0.15, 0.2) is 0 Å². The van der Waals surface area contributed by atoms with E-state index in [4.69, 9.17) is 32.7 Å². The number of piperidine rings is 1. The molecule has 0 aromatic heterocycles. The third-order valence-electron chi connectivity index (χ3n) is 6.79. The zero-order valence-corrected chi connectivity index (χ0v) is 22.8. The van der Waals surface area contributed by atoms with Crippen LogP contribution in [0.5, 0.6) is 0 Å². The van der Waals surface area contributed by atoms with Crippen LogP contribution < -0.4 is 4.72 Å². The summed E-state index contributed by atoms with van der Waals surface area (Å²) in [6, 6.07) is 5.65. The lowest BCUT2D eigenvalue weighted by Crippen LogP contribution is -2.39. The van der Waals surface area contributed by atoms with E-state index in [9.17, 15) is 13.4 Å². The van der Waals surface area contributed by atoms with Crippen LogP contribution in [0.4, 0.5) is 4.39 Å². The average molecular weight is 558 g/mol. The highest BCUT2D eigenvalue weighted by Gasteiger charge is 2.31. The van der Waals surface area contributed by atoms with Gasteiger partial charge in [-0.15, -0.1) is 0 Å². The third kappa shape index (κ3) is 6.98. The molecule has 10 heteroatoms. The van der Waals surface area contributed by atoms with Gasteiger partial charge in [-0.3, -0.25) is 14.4 Å². The van der Waals surface area contributed by atoms with Crippen LogP contribution in [0.25, 0.3) is 0 Å². The number of hydrogen-bond acceptors (Lipinski definition) is 5. The average Bonchev–Trinajstić information content (AvgIpc) is 3.66. The Morgan fingerprint density at radius 2 is 1.89 bits per heavy atom. The minimum atomic E-state index is -1.55. The second-order valence-electron chi connectivity index (χ2n) is 9.44. The van der Waals surface area contributed by atoms with Crippen LogP contribution >= 0.6 is 23.2 Å². The van der Waals surface area contributed by atoms with E-state index in [1.807, 2.05) is 12.1 Å². The maximum absolute atomic E-state index is 14.8. The van der Waals surface area contributed by atoms with Crippen LogP contribution in [0.2, 0.25) is 10.0 Å². The van der Waals surface area contributed by atoms with Gasteiger partial charge < -0.3 is 9.47 Å². The first-order chi connectivity index (χ1) is 17.2. The van der Waals surface area contributed by atoms with Crippen molar-refractivity contribution in [3.63, 3.8) is 0 Å². The van der Waals surface area contributed by atoms with Gasteiger partial charge in [0.1, 0.15) is 22.6 Å². The molecule has 1 aromatic rings. The molecule has 0 bridgehead atoms. The molecule has 1 aromatic carbocycles. The summed E-state index contributed by atoms with van der Waals surface area (Å²) in [4.78, 5) is 14.6. The van der Waals surface area contributed by atoms with Crippen LogP contribution in [-0.4, -0.2) is 54.7 Å². The van der Waals surface area contributed by atoms with Gasteiger partial charge in [-0.25, -0.2) is 8.60 Å². The summed E-state index contributed by atoms with van der Waals surface area (Å²) in [6.07, 6.45) is 6.54. The van der Waals surface area contributed by atoms with Gasteiger partial charge >= 0.3 is 0 Å². The molecule has 1 saturated carbocycles. The summed E-state index contributed by atoms with van der Waals surface area (Å²) in [7, 11) is 0.138. The fourth-order valence-corrected chi connectivity index (χ4v) is 5.71. The lowest BCUT2D eigenvalue weighted by atomic mass is 9.94. The SMILES string of the molecule is COCC(c1cc(Cl)cc(Cl)c1)N1CCC(COC2=CC(F)=C(C(=O)NS(C)=O)CC2=C2CC2)CC1. The molecule has 1 saturated heterocycles. The predicted molar refractivity (Wildman–Crippen MR) is 141 cm³/mol. The summed E-state index contributed by atoms with van der Waals surface area (Å²) >= 11 is 12.5. The van der Waals surface area contributed by atoms with Crippen molar-refractivity contribution < 1.29 is 22.9 Å². The summed E-state index contributed by atoms with van der Waals surface area (Å²) in [6.45, 7) is 2.76. The smallest absolute Gasteiger partial charge is 0.262 e. The quantitative estimate of drug-likeness (QED) is 0.439. The molecule has 2 unspecified atom stereocenters. The number of likely N-dealkylation sites (tertiary alicyclic amines) is 1. The Morgan fingerprint density at radius 1 is 1.22 bits per heavy atom. The minimum Gasteiger partial charge on any atom is -0.493 e. The molecule has 3 aliphatic rings. The number of benzene rings is 1. The van der Waals surface area contributed by atoms with Gasteiger partial charge in [-0.05, 0) is 74.0 Å². The topological polar surface area (TPSA) is 67.9 Å². The van der Waals surface area contributed by atoms with Crippen molar-refractivity contribution in [2.24, 2.45) is 5.92 Å². The Balaban J connectivity index is 1.38. The number of halogens is 3. The molecule has 1 heterocycles. The molecule has 196 valence electrons. The Bertz CT molecular complexity index is 1100. The number of hydrogen-bond donors (Lipinski definition) is 1. The van der Waals surface area contributed by atoms with Gasteiger partial charge in [-0.1, -0.05) is 28.8 Å². The van der Waals surface area contributed by atoms with Gasteiger partial charge in [0, 0.05) is 35.9 Å². The Labute approximate surface area is 224 Å². The zero-order valence-electron chi connectivity index (χ0n) is 20.5. The summed E-state index contributed by atoms with van der Waals surface area (Å²) in [5.41, 5.74) is 3.12. The molecule has 1 N–H and O–H groups in total. The van der Waals surface area contributed by atoms with Crippen LogP contribution in [0.15, 0.2) is 52.6 Å². The number of ether oxygens (including phenoxy) is 2. The van der Waals surface area contributed by atoms with Crippen LogP contribution in [0, 0.1) is 5.92 Å². The molecular weight excluding hydrogens is 526 g/mol. The summed E-state index contributed by atoms with van der Waals surface area (Å²) < 4.78 is 40.0. The Morgan fingerprint density at radius 3 is 2.47 bits per heavy atom. The number of amides is 1. The number of rotatable bonds is 9. The van der Waals surface area contributed by atoms with Crippen LogP contribution in [0.1, 0.15) is 43.7 Å². The fourth-order valence-electron chi connectivity index (χ4n) is 4.79. The van der Waals surface area contributed by atoms with Gasteiger partial charge in [0.05, 0.1) is 24.8 Å². The van der Waals surface area contributed by atoms with Crippen molar-refractivity contribution in [1.29, 1.82) is 0 Å². The number of nitrogens with one attached hydrogen (secondary N) is 1. The first-order valence-electron chi connectivity index (χ1n) is 12.0. The molecule has 0 radical (unpaired) electrons. The summed E-state index contributed by atoms with van der Waals surface area (Å²) in [5.74, 6) is -0.419. The number of carbonyl (C=O) groups excluding carboxylic acids is 1. The molecule has 36 heavy (non-hydrogen) atoms. The van der Waals surface area contributed by atoms with Crippen molar-refractivity contribution in [2.75, 3.05) is 39.7 Å². The maximum Gasteiger partial charge on any atom is 0.262 e. The summed E-state index contributed by atoms with van der Waals surface area (Å²) in [5, 5.41) is 1.21. The predicted octanol–water partition coefficient (Wildman–Crippen LogP) is 5.42. The second kappa shape index (κ2) is 12.2. The number of nitrogens with zero attached hydrogens (tertiary/aromatic N) is 1. The zero-order chi connectivity index (χ0) is 25.8. The van der Waals surface area contributed by atoms with Crippen molar-refractivity contribution in [1.82, 2.24) is 9.62 Å². The van der Waals surface area contributed by atoms with E-state index in [0.29, 0.717) is 34.9 Å². The minimum absolute atomic E-state index is 0.00515. The molecule has 6 nitrogen and oxygen atoms in total. The van der Waals surface area contributed by atoms with E-state index in [1.165, 1.54) is 17.9 Å². The number of carbonyl (C=O) groups is 1. The lowest BCUT2D eigenvalue weighted by Gasteiger charge is -2.37. The van der Waals surface area contributed by atoms with E-state index in [2.05, 4.69) is 9.62 Å². The first kappa shape index (κ1) is 27.3. The molecule has 2 atom stereocenters. The van der Waals surface area contributed by atoms with E-state index < -0.39 is 22.7 Å². The normalized spacial score (nSPS) is 20.8. The molecule has 0 spiro atoms. The van der Waals surface area contributed by atoms with E-state index in [1.54, 1.807) is 13.2 Å². The van der Waals surface area contributed by atoms with Gasteiger partial charge in [0.25, 0.3) is 5.91 Å². The fraction of sp³-hybridized carbons (Fsp3) is 0.500. The first-order valence-corrected chi connectivity index (χ1v) is 14.3. The second-order valence-corrected chi connectivity index (χ2v) is 11.4. The third-order valence-corrected chi connectivity index (χ3v) is 7.70. The molecule has 1 aliphatic heterocycles. The molecule has 1 amide bonds. The Hall–Kier alpha value is -1.71. The molecule has 2 aliphatic carbocycles. The standard InChI is InChI=1S/C26H31Cl2FN2O4S/c1-34-15-24(18-9-19(27)11-20(28)10-18)31-7-5-16(6-8-31)14-35-25-13-23(29)22(26(32)30-36(2)33)12-21(25)17-3-4-17/h9-11,13,16,24H,3-8,12,14-15H2,1-2H3,(H,30,32). The maximum atomic E-state index is 14.8. The molecule has 2 fully saturated rings. The van der Waals surface area contributed by atoms with Gasteiger partial charge in [-0.2, -0.15) is 0 Å². The van der Waals surface area contributed by atoms with Crippen molar-refractivity contribution >= 4 is 40.1 Å². The van der Waals surface area contributed by atoms with E-state index >= 15 is 0 Å². The molecular formula is C26H31Cl2FN2O4S. The monoisotopic (exact) mass is 556 g/mol. The van der Waals surface area contributed by atoms with Crippen molar-refractivity contribution in [3.05, 3.63) is 68.2 Å². The van der Waals surface area contributed by atoms with Crippen molar-refractivity contribution in [2.45, 2.75) is 38.1 Å². The van der Waals surface area contributed by atoms with E-state index in [0.717, 1.165) is 49.9 Å².